The molecule has 0 amide bonds. The lowest BCUT2D eigenvalue weighted by atomic mass is 10.2. The summed E-state index contributed by atoms with van der Waals surface area (Å²) in [4.78, 5) is 6.61. The van der Waals surface area contributed by atoms with Crippen LogP contribution in [0.25, 0.3) is 0 Å². The second kappa shape index (κ2) is 4.96. The molecule has 0 spiro atoms. The highest BCUT2D eigenvalue weighted by Crippen LogP contribution is 2.25. The minimum atomic E-state index is 0.211. The van der Waals surface area contributed by atoms with Crippen molar-refractivity contribution in [2.24, 2.45) is 7.05 Å². The number of likely N-dealkylation sites (N-methyl/N-ethyl adjacent to an activating group) is 2. The molecule has 86 valence electrons. The van der Waals surface area contributed by atoms with Crippen LogP contribution >= 0.6 is 11.6 Å². The lowest BCUT2D eigenvalue weighted by Crippen LogP contribution is -2.29. The molecule has 0 aliphatic rings. The second-order valence-electron chi connectivity index (χ2n) is 3.93. The first-order chi connectivity index (χ1) is 6.99. The number of hydrogen-bond acceptors (Lipinski definition) is 3. The third-order valence-corrected chi connectivity index (χ3v) is 3.06. The molecule has 1 atom stereocenters. The van der Waals surface area contributed by atoms with E-state index >= 15 is 0 Å². The minimum Gasteiger partial charge on any atom is -0.322 e. The SMILES string of the molecule is CNCC(c1nc(C)n(C)c1Cl)N(C)C. The topological polar surface area (TPSA) is 33.1 Å². The van der Waals surface area contributed by atoms with Crippen molar-refractivity contribution in [1.29, 1.82) is 0 Å². The maximum atomic E-state index is 6.23. The molecule has 1 N–H and O–H groups in total. The van der Waals surface area contributed by atoms with Gasteiger partial charge < -0.3 is 9.88 Å². The highest BCUT2D eigenvalue weighted by molar-refractivity contribution is 6.30. The molecule has 1 unspecified atom stereocenters. The summed E-state index contributed by atoms with van der Waals surface area (Å²) in [5, 5.41) is 3.88. The van der Waals surface area contributed by atoms with Gasteiger partial charge in [-0.3, -0.25) is 4.90 Å². The maximum absolute atomic E-state index is 6.23. The summed E-state index contributed by atoms with van der Waals surface area (Å²) < 4.78 is 1.91. The molecule has 0 bridgehead atoms. The standard InChI is InChI=1S/C10H19ClN4/c1-7-13-9(10(11)15(7)5)8(6-12-2)14(3)4/h8,12H,6H2,1-5H3. The smallest absolute Gasteiger partial charge is 0.133 e. The number of imidazole rings is 1. The van der Waals surface area contributed by atoms with E-state index in [1.807, 2.05) is 39.7 Å². The number of aryl methyl sites for hydroxylation is 1. The van der Waals surface area contributed by atoms with E-state index in [0.717, 1.165) is 23.2 Å². The molecule has 1 rings (SSSR count). The Balaban J connectivity index is 3.05. The summed E-state index contributed by atoms with van der Waals surface area (Å²) in [5.41, 5.74) is 0.941. The van der Waals surface area contributed by atoms with Gasteiger partial charge in [-0.25, -0.2) is 4.98 Å². The first-order valence-electron chi connectivity index (χ1n) is 4.98. The molecule has 1 aromatic rings. The third-order valence-electron chi connectivity index (χ3n) is 2.61. The van der Waals surface area contributed by atoms with Gasteiger partial charge in [0.15, 0.2) is 0 Å². The van der Waals surface area contributed by atoms with Crippen molar-refractivity contribution in [3.63, 3.8) is 0 Å². The van der Waals surface area contributed by atoms with Crippen LogP contribution in [0.5, 0.6) is 0 Å². The molecule has 5 heteroatoms. The highest BCUT2D eigenvalue weighted by atomic mass is 35.5. The number of hydrogen-bond donors (Lipinski definition) is 1. The molecule has 0 saturated heterocycles. The van der Waals surface area contributed by atoms with Crippen LogP contribution in [-0.4, -0.2) is 42.1 Å². The summed E-state index contributed by atoms with van der Waals surface area (Å²) >= 11 is 6.23. The van der Waals surface area contributed by atoms with Gasteiger partial charge in [-0.1, -0.05) is 11.6 Å². The van der Waals surface area contributed by atoms with E-state index in [1.165, 1.54) is 0 Å². The van der Waals surface area contributed by atoms with Crippen molar-refractivity contribution in [3.8, 4) is 0 Å². The first kappa shape index (κ1) is 12.5. The van der Waals surface area contributed by atoms with E-state index < -0.39 is 0 Å². The van der Waals surface area contributed by atoms with E-state index in [0.29, 0.717) is 0 Å². The van der Waals surface area contributed by atoms with Gasteiger partial charge in [0.05, 0.1) is 11.7 Å². The predicted octanol–water partition coefficient (Wildman–Crippen LogP) is 1.20. The molecule has 1 heterocycles. The average Bonchev–Trinajstić information content (AvgIpc) is 2.42. The normalized spacial score (nSPS) is 13.5. The Labute approximate surface area is 96.2 Å². The van der Waals surface area contributed by atoms with Gasteiger partial charge in [0.25, 0.3) is 0 Å². The van der Waals surface area contributed by atoms with E-state index in [1.54, 1.807) is 0 Å². The Kier molecular flexibility index (Phi) is 4.13. The van der Waals surface area contributed by atoms with E-state index in [4.69, 9.17) is 11.6 Å². The van der Waals surface area contributed by atoms with Gasteiger partial charge in [0.2, 0.25) is 0 Å². The first-order valence-corrected chi connectivity index (χ1v) is 5.36. The Morgan fingerprint density at radius 2 is 2.13 bits per heavy atom. The molecule has 0 radical (unpaired) electrons. The maximum Gasteiger partial charge on any atom is 0.133 e. The zero-order valence-electron chi connectivity index (χ0n) is 10.0. The van der Waals surface area contributed by atoms with Crippen LogP contribution in [-0.2, 0) is 7.05 Å². The largest absolute Gasteiger partial charge is 0.322 e. The molecule has 0 saturated carbocycles. The summed E-state index contributed by atoms with van der Waals surface area (Å²) in [7, 11) is 7.92. The van der Waals surface area contributed by atoms with Crippen molar-refractivity contribution in [3.05, 3.63) is 16.7 Å². The van der Waals surface area contributed by atoms with E-state index in [9.17, 15) is 0 Å². The molecular weight excluding hydrogens is 212 g/mol. The van der Waals surface area contributed by atoms with Crippen LogP contribution in [0, 0.1) is 6.92 Å². The number of rotatable bonds is 4. The van der Waals surface area contributed by atoms with Gasteiger partial charge in [-0.2, -0.15) is 0 Å². The summed E-state index contributed by atoms with van der Waals surface area (Å²) in [6.45, 7) is 2.80. The van der Waals surface area contributed by atoms with Crippen LogP contribution in [0.1, 0.15) is 17.6 Å². The molecule has 4 nitrogen and oxygen atoms in total. The van der Waals surface area contributed by atoms with Gasteiger partial charge in [-0.05, 0) is 28.1 Å². The fraction of sp³-hybridized carbons (Fsp3) is 0.700. The summed E-state index contributed by atoms with van der Waals surface area (Å²) in [6.07, 6.45) is 0. The monoisotopic (exact) mass is 230 g/mol. The van der Waals surface area contributed by atoms with Gasteiger partial charge in [-0.15, -0.1) is 0 Å². The van der Waals surface area contributed by atoms with Gasteiger partial charge in [0.1, 0.15) is 11.0 Å². The quantitative estimate of drug-likeness (QED) is 0.844. The Morgan fingerprint density at radius 1 is 1.53 bits per heavy atom. The Hall–Kier alpha value is -0.580. The lowest BCUT2D eigenvalue weighted by molar-refractivity contribution is 0.289. The fourth-order valence-electron chi connectivity index (χ4n) is 1.54. The minimum absolute atomic E-state index is 0.211. The fourth-order valence-corrected chi connectivity index (χ4v) is 1.83. The van der Waals surface area contributed by atoms with Crippen LogP contribution in [0.15, 0.2) is 0 Å². The molecule has 15 heavy (non-hydrogen) atoms. The number of nitrogens with one attached hydrogen (secondary N) is 1. The van der Waals surface area contributed by atoms with Crippen LogP contribution in [0.2, 0.25) is 5.15 Å². The number of aromatic nitrogens is 2. The lowest BCUT2D eigenvalue weighted by Gasteiger charge is -2.22. The van der Waals surface area contributed by atoms with E-state index in [-0.39, 0.29) is 6.04 Å². The zero-order valence-corrected chi connectivity index (χ0v) is 10.8. The van der Waals surface area contributed by atoms with Crippen LogP contribution < -0.4 is 5.32 Å². The Morgan fingerprint density at radius 3 is 2.47 bits per heavy atom. The summed E-state index contributed by atoms with van der Waals surface area (Å²) in [6, 6.07) is 0.211. The molecule has 0 fully saturated rings. The predicted molar refractivity (Wildman–Crippen MR) is 63.3 cm³/mol. The number of halogens is 1. The molecule has 1 aromatic heterocycles. The third kappa shape index (κ3) is 2.51. The summed E-state index contributed by atoms with van der Waals surface area (Å²) in [5.74, 6) is 0.943. The molecule has 0 aliphatic heterocycles. The number of nitrogens with zero attached hydrogens (tertiary/aromatic N) is 3. The Bertz CT molecular complexity index is 332. The molecular formula is C10H19ClN4. The van der Waals surface area contributed by atoms with Crippen LogP contribution in [0.4, 0.5) is 0 Å². The second-order valence-corrected chi connectivity index (χ2v) is 4.29. The van der Waals surface area contributed by atoms with Gasteiger partial charge >= 0.3 is 0 Å². The highest BCUT2D eigenvalue weighted by Gasteiger charge is 2.21. The average molecular weight is 231 g/mol. The van der Waals surface area contributed by atoms with Crippen molar-refractivity contribution in [1.82, 2.24) is 19.8 Å². The van der Waals surface area contributed by atoms with Crippen LogP contribution in [0.3, 0.4) is 0 Å². The zero-order chi connectivity index (χ0) is 11.6. The van der Waals surface area contributed by atoms with E-state index in [2.05, 4.69) is 15.2 Å². The van der Waals surface area contributed by atoms with Crippen molar-refractivity contribution in [2.75, 3.05) is 27.7 Å². The molecule has 0 aliphatic carbocycles. The van der Waals surface area contributed by atoms with Gasteiger partial charge in [0, 0.05) is 13.6 Å². The van der Waals surface area contributed by atoms with Crippen molar-refractivity contribution < 1.29 is 0 Å². The molecule has 0 aromatic carbocycles. The van der Waals surface area contributed by atoms with Crippen molar-refractivity contribution >= 4 is 11.6 Å². The van der Waals surface area contributed by atoms with Crippen molar-refractivity contribution in [2.45, 2.75) is 13.0 Å².